The van der Waals surface area contributed by atoms with Crippen LogP contribution >= 0.6 is 23.1 Å². The molecule has 7 atom stereocenters. The van der Waals surface area contributed by atoms with Crippen molar-refractivity contribution in [2.45, 2.75) is 55.2 Å². The van der Waals surface area contributed by atoms with E-state index < -0.39 is 5.97 Å². The number of aliphatic carboxylic acids is 1. The Morgan fingerprint density at radius 1 is 1.06 bits per heavy atom. The number of H-pyrrole nitrogens is 1. The molecule has 7 nitrogen and oxygen atoms in total. The second kappa shape index (κ2) is 8.62. The summed E-state index contributed by atoms with van der Waals surface area (Å²) in [6, 6.07) is 8.51. The van der Waals surface area contributed by atoms with E-state index in [-0.39, 0.29) is 63.9 Å². The lowest BCUT2D eigenvalue weighted by molar-refractivity contribution is -0.141. The highest BCUT2D eigenvalue weighted by Crippen LogP contribution is 2.68. The number of thioether (sulfide) groups is 1. The Bertz CT molecular complexity index is 1250. The van der Waals surface area contributed by atoms with Gasteiger partial charge in [0, 0.05) is 29.0 Å². The van der Waals surface area contributed by atoms with Gasteiger partial charge in [0.05, 0.1) is 16.9 Å². The van der Waals surface area contributed by atoms with E-state index in [9.17, 15) is 19.2 Å². The van der Waals surface area contributed by atoms with Crippen LogP contribution in [0.25, 0.3) is 0 Å². The van der Waals surface area contributed by atoms with Crippen molar-refractivity contribution in [1.29, 1.82) is 0 Å². The lowest BCUT2D eigenvalue weighted by Crippen LogP contribution is -2.42. The Kier molecular flexibility index (Phi) is 5.67. The molecule has 0 unspecified atom stereocenters. The molecule has 2 aliphatic heterocycles. The van der Waals surface area contributed by atoms with Gasteiger partial charge in [-0.05, 0) is 49.5 Å². The van der Waals surface area contributed by atoms with Gasteiger partial charge in [-0.1, -0.05) is 47.6 Å². The number of nitrogens with zero attached hydrogens (tertiary/aromatic N) is 1. The molecule has 2 N–H and O–H groups in total. The fourth-order valence-electron chi connectivity index (χ4n) is 7.17. The summed E-state index contributed by atoms with van der Waals surface area (Å²) < 4.78 is 0. The lowest BCUT2D eigenvalue weighted by Gasteiger charge is -2.43. The number of thiazole rings is 1. The Morgan fingerprint density at radius 2 is 1.77 bits per heavy atom. The van der Waals surface area contributed by atoms with Crippen LogP contribution in [0.1, 0.15) is 54.0 Å². The lowest BCUT2D eigenvalue weighted by atomic mass is 9.68. The van der Waals surface area contributed by atoms with E-state index in [4.69, 9.17) is 5.11 Å². The summed E-state index contributed by atoms with van der Waals surface area (Å²) in [6.07, 6.45) is 2.90. The number of aryl methyl sites for hydroxylation is 1. The molecule has 0 spiro atoms. The van der Waals surface area contributed by atoms with E-state index in [2.05, 4.69) is 36.2 Å². The molecule has 3 fully saturated rings. The smallest absolute Gasteiger partial charge is 0.305 e. The summed E-state index contributed by atoms with van der Waals surface area (Å²) in [5, 5.41) is 9.97. The predicted molar refractivity (Wildman–Crippen MR) is 132 cm³/mol. The maximum Gasteiger partial charge on any atom is 0.305 e. The topological polar surface area (TPSA) is 108 Å². The van der Waals surface area contributed by atoms with Crippen LogP contribution in [0.4, 0.5) is 0 Å². The van der Waals surface area contributed by atoms with Crippen LogP contribution in [0.2, 0.25) is 0 Å². The number of amides is 2. The zero-order valence-electron chi connectivity index (χ0n) is 19.4. The molecule has 2 bridgehead atoms. The van der Waals surface area contributed by atoms with Gasteiger partial charge in [0.25, 0.3) is 0 Å². The Hall–Kier alpha value is -2.39. The summed E-state index contributed by atoms with van der Waals surface area (Å²) >= 11 is 2.99. The van der Waals surface area contributed by atoms with Gasteiger partial charge in [0.1, 0.15) is 0 Å². The fraction of sp³-hybridized carbons (Fsp3) is 0.538. The molecule has 2 amide bonds. The number of carbonyl (C=O) groups excluding carboxylic acids is 2. The van der Waals surface area contributed by atoms with E-state index in [0.29, 0.717) is 25.8 Å². The summed E-state index contributed by atoms with van der Waals surface area (Å²) in [5.41, 5.74) is 2.36. The number of fused-ring (bicyclic) bond motifs is 9. The number of carbonyl (C=O) groups is 3. The number of carboxylic acid groups (broad SMARTS) is 1. The number of unbranched alkanes of at least 4 members (excludes halogenated alkanes) is 2. The van der Waals surface area contributed by atoms with Crippen molar-refractivity contribution >= 4 is 40.9 Å². The van der Waals surface area contributed by atoms with E-state index in [1.165, 1.54) is 27.4 Å². The molecule has 9 heteroatoms. The number of imide groups is 1. The van der Waals surface area contributed by atoms with Gasteiger partial charge < -0.3 is 10.1 Å². The van der Waals surface area contributed by atoms with E-state index in [0.717, 1.165) is 16.3 Å². The molecule has 184 valence electrons. The molecule has 2 aromatic rings. The Morgan fingerprint density at radius 3 is 2.49 bits per heavy atom. The van der Waals surface area contributed by atoms with Crippen molar-refractivity contribution in [1.82, 2.24) is 9.88 Å². The highest BCUT2D eigenvalue weighted by atomic mass is 32.2. The highest BCUT2D eigenvalue weighted by Gasteiger charge is 2.69. The zero-order chi connectivity index (χ0) is 24.4. The van der Waals surface area contributed by atoms with Crippen molar-refractivity contribution in [3.8, 4) is 0 Å². The Balaban J connectivity index is 1.28. The average molecular weight is 513 g/mol. The van der Waals surface area contributed by atoms with Gasteiger partial charge in [-0.25, -0.2) is 0 Å². The molecule has 3 heterocycles. The second-order valence-electron chi connectivity index (χ2n) is 10.4. The van der Waals surface area contributed by atoms with Crippen LogP contribution in [-0.2, 0) is 14.4 Å². The summed E-state index contributed by atoms with van der Waals surface area (Å²) in [6.45, 7) is 2.44. The molecule has 0 radical (unpaired) electrons. The molecule has 35 heavy (non-hydrogen) atoms. The number of aromatic nitrogens is 1. The third kappa shape index (κ3) is 3.61. The number of carboxylic acids is 1. The van der Waals surface area contributed by atoms with Gasteiger partial charge in [0.2, 0.25) is 11.8 Å². The number of rotatable bonds is 7. The number of hydrogen-bond donors (Lipinski definition) is 2. The molecule has 6 rings (SSSR count). The van der Waals surface area contributed by atoms with Crippen LogP contribution in [0, 0.1) is 36.5 Å². The van der Waals surface area contributed by atoms with Crippen LogP contribution in [-0.4, -0.2) is 44.6 Å². The van der Waals surface area contributed by atoms with Gasteiger partial charge in [-0.15, -0.1) is 11.8 Å². The summed E-state index contributed by atoms with van der Waals surface area (Å²) in [7, 11) is 0. The zero-order valence-corrected chi connectivity index (χ0v) is 21.1. The highest BCUT2D eigenvalue weighted by molar-refractivity contribution is 8.00. The first-order valence-electron chi connectivity index (χ1n) is 12.4. The van der Waals surface area contributed by atoms with Crippen LogP contribution in [0.5, 0.6) is 0 Å². The number of hydrogen-bond acceptors (Lipinski definition) is 6. The van der Waals surface area contributed by atoms with Gasteiger partial charge in [-0.2, -0.15) is 0 Å². The fourth-order valence-corrected chi connectivity index (χ4v) is 10.1. The van der Waals surface area contributed by atoms with Crippen molar-refractivity contribution in [3.05, 3.63) is 49.9 Å². The quantitative estimate of drug-likeness (QED) is 0.431. The second-order valence-corrected chi connectivity index (χ2v) is 12.6. The monoisotopic (exact) mass is 512 g/mol. The third-order valence-electron chi connectivity index (χ3n) is 8.52. The molecule has 2 aliphatic carbocycles. The standard InChI is InChI=1S/C26H28N2O5S2/c1-12-6-8-13(9-7-12)17-18-14-11-15(21(18)34-23-22(17)35-26(33)27-23)20-19(14)24(31)28(25(20)32)10-4-2-3-5-16(29)30/h6-9,14-15,17-21H,2-5,10-11H2,1H3,(H,27,33)(H,29,30)/t14-,15+,17+,18+,19+,20-,21-/m1/s1. The molecular weight excluding hydrogens is 484 g/mol. The Labute approximate surface area is 211 Å². The summed E-state index contributed by atoms with van der Waals surface area (Å²) in [5.74, 6) is -0.867. The van der Waals surface area contributed by atoms with Crippen molar-refractivity contribution < 1.29 is 19.5 Å². The average Bonchev–Trinajstić information content (AvgIpc) is 3.54. The maximum absolute atomic E-state index is 13.5. The molecule has 4 aliphatic rings. The van der Waals surface area contributed by atoms with Gasteiger partial charge >= 0.3 is 10.8 Å². The SMILES string of the molecule is Cc1ccc([C@@H]2c3sc(=O)[nH]c3S[C@@H]3[C@H]4C[C@@H]([C@@H]5C(=O)N(CCCCCC(=O)O)C(=O)[C@H]45)[C@@H]23)cc1. The normalized spacial score (nSPS) is 32.6. The van der Waals surface area contributed by atoms with Crippen molar-refractivity contribution in [2.75, 3.05) is 6.54 Å². The third-order valence-corrected chi connectivity index (χ3v) is 11.1. The molecule has 1 aromatic carbocycles. The minimum atomic E-state index is -0.817. The van der Waals surface area contributed by atoms with Gasteiger partial charge in [0.15, 0.2) is 0 Å². The molecule has 1 saturated heterocycles. The molecular formula is C26H28N2O5S2. The minimum Gasteiger partial charge on any atom is -0.481 e. The number of aromatic amines is 1. The first-order chi connectivity index (χ1) is 16.8. The number of likely N-dealkylation sites (tertiary alicyclic amines) is 1. The molecule has 1 aromatic heterocycles. The van der Waals surface area contributed by atoms with E-state index >= 15 is 0 Å². The van der Waals surface area contributed by atoms with Crippen molar-refractivity contribution in [2.24, 2.45) is 29.6 Å². The molecule has 2 saturated carbocycles. The maximum atomic E-state index is 13.5. The first kappa shape index (κ1) is 23.0. The largest absolute Gasteiger partial charge is 0.481 e. The minimum absolute atomic E-state index is 0.0371. The van der Waals surface area contributed by atoms with Crippen LogP contribution in [0.3, 0.4) is 0 Å². The first-order valence-corrected chi connectivity index (χ1v) is 14.1. The van der Waals surface area contributed by atoms with Crippen LogP contribution < -0.4 is 4.87 Å². The van der Waals surface area contributed by atoms with E-state index in [1.54, 1.807) is 11.8 Å². The van der Waals surface area contributed by atoms with Gasteiger partial charge in [-0.3, -0.25) is 24.1 Å². The van der Waals surface area contributed by atoms with E-state index in [1.807, 2.05) is 0 Å². The van der Waals surface area contributed by atoms with Crippen molar-refractivity contribution in [3.63, 3.8) is 0 Å². The summed E-state index contributed by atoms with van der Waals surface area (Å²) in [4.78, 5) is 55.5. The number of nitrogens with one attached hydrogen (secondary N) is 1. The predicted octanol–water partition coefficient (Wildman–Crippen LogP) is 3.86. The van der Waals surface area contributed by atoms with Crippen LogP contribution in [0.15, 0.2) is 34.1 Å². The number of benzene rings is 1.